The molecule has 0 aromatic rings. The maximum Gasteiger partial charge on any atom is 0.307 e. The second kappa shape index (κ2) is 6.91. The summed E-state index contributed by atoms with van der Waals surface area (Å²) in [5, 5.41) is 0. The number of amides is 2. The van der Waals surface area contributed by atoms with E-state index in [2.05, 4.69) is 4.74 Å². The van der Waals surface area contributed by atoms with E-state index in [0.29, 0.717) is 19.5 Å². The molecule has 1 unspecified atom stereocenters. The number of carbonyl (C=O) groups is 3. The van der Waals surface area contributed by atoms with Gasteiger partial charge in [0.25, 0.3) is 0 Å². The van der Waals surface area contributed by atoms with Crippen LogP contribution in [0.1, 0.15) is 40.0 Å². The Labute approximate surface area is 126 Å². The van der Waals surface area contributed by atoms with E-state index in [4.69, 9.17) is 0 Å². The van der Waals surface area contributed by atoms with E-state index < -0.39 is 11.5 Å². The van der Waals surface area contributed by atoms with Gasteiger partial charge in [0.05, 0.1) is 13.5 Å². The summed E-state index contributed by atoms with van der Waals surface area (Å²) in [5.74, 6) is -0.447. The molecule has 0 radical (unpaired) electrons. The molecule has 0 spiro atoms. The molecule has 0 aromatic heterocycles. The number of carbonyl (C=O) groups excluding carboxylic acids is 3. The predicted molar refractivity (Wildman–Crippen MR) is 78.5 cm³/mol. The number of nitrogens with zero attached hydrogens (tertiary/aromatic N) is 2. The Balaban J connectivity index is 2.67. The van der Waals surface area contributed by atoms with E-state index in [9.17, 15) is 14.4 Å². The van der Waals surface area contributed by atoms with Crippen LogP contribution in [0.15, 0.2) is 0 Å². The molecule has 1 rings (SSSR count). The summed E-state index contributed by atoms with van der Waals surface area (Å²) in [6, 6.07) is -0.403. The summed E-state index contributed by atoms with van der Waals surface area (Å²) in [5.41, 5.74) is -0.493. The van der Waals surface area contributed by atoms with Crippen molar-refractivity contribution in [2.45, 2.75) is 46.1 Å². The average molecular weight is 298 g/mol. The van der Waals surface area contributed by atoms with Crippen molar-refractivity contribution in [2.75, 3.05) is 27.2 Å². The zero-order valence-corrected chi connectivity index (χ0v) is 13.6. The van der Waals surface area contributed by atoms with E-state index in [0.717, 1.165) is 6.42 Å². The van der Waals surface area contributed by atoms with Crippen molar-refractivity contribution in [1.82, 2.24) is 9.80 Å². The first-order chi connectivity index (χ1) is 9.68. The Morgan fingerprint density at radius 2 is 1.90 bits per heavy atom. The molecule has 1 fully saturated rings. The molecule has 1 saturated heterocycles. The van der Waals surface area contributed by atoms with Crippen LogP contribution in [-0.2, 0) is 19.1 Å². The van der Waals surface area contributed by atoms with Gasteiger partial charge in [-0.2, -0.15) is 0 Å². The molecule has 0 aromatic carbocycles. The van der Waals surface area contributed by atoms with Gasteiger partial charge < -0.3 is 14.5 Å². The van der Waals surface area contributed by atoms with Crippen LogP contribution in [0.2, 0.25) is 0 Å². The van der Waals surface area contributed by atoms with Gasteiger partial charge in [0.2, 0.25) is 11.8 Å². The Hall–Kier alpha value is -1.59. The molecule has 120 valence electrons. The van der Waals surface area contributed by atoms with Gasteiger partial charge in [-0.25, -0.2) is 0 Å². The minimum Gasteiger partial charge on any atom is -0.469 e. The van der Waals surface area contributed by atoms with Gasteiger partial charge in [0.15, 0.2) is 0 Å². The number of likely N-dealkylation sites (N-methyl/N-ethyl adjacent to an activating group) is 1. The highest BCUT2D eigenvalue weighted by molar-refractivity contribution is 5.90. The van der Waals surface area contributed by atoms with Crippen LogP contribution in [-0.4, -0.2) is 60.9 Å². The van der Waals surface area contributed by atoms with Crippen molar-refractivity contribution in [1.29, 1.82) is 0 Å². The van der Waals surface area contributed by atoms with E-state index in [1.54, 1.807) is 11.9 Å². The Morgan fingerprint density at radius 1 is 1.29 bits per heavy atom. The third kappa shape index (κ3) is 4.44. The number of hydrogen-bond donors (Lipinski definition) is 0. The van der Waals surface area contributed by atoms with Crippen LogP contribution in [0, 0.1) is 5.41 Å². The minimum atomic E-state index is -0.493. The second-order valence-electron chi connectivity index (χ2n) is 6.49. The highest BCUT2D eigenvalue weighted by Gasteiger charge is 2.39. The molecular formula is C15H26N2O4. The normalized spacial score (nSPS) is 18.5. The van der Waals surface area contributed by atoms with Crippen LogP contribution >= 0.6 is 0 Å². The predicted octanol–water partition coefficient (Wildman–Crippen LogP) is 1.04. The lowest BCUT2D eigenvalue weighted by Gasteiger charge is -2.32. The fraction of sp³-hybridized carbons (Fsp3) is 0.800. The van der Waals surface area contributed by atoms with E-state index >= 15 is 0 Å². The lowest BCUT2D eigenvalue weighted by Crippen LogP contribution is -2.50. The van der Waals surface area contributed by atoms with Crippen molar-refractivity contribution in [3.63, 3.8) is 0 Å². The quantitative estimate of drug-likeness (QED) is 0.728. The standard InChI is InChI=1S/C15H26N2O4/c1-15(2,3)14(20)17-9-6-7-11(17)13(19)16(4)10-8-12(18)21-5/h11H,6-10H2,1-5H3. The van der Waals surface area contributed by atoms with Crippen molar-refractivity contribution in [2.24, 2.45) is 5.41 Å². The minimum absolute atomic E-state index is 0.000261. The summed E-state index contributed by atoms with van der Waals surface area (Å²) >= 11 is 0. The third-order valence-electron chi connectivity index (χ3n) is 3.70. The van der Waals surface area contributed by atoms with Gasteiger partial charge in [-0.05, 0) is 12.8 Å². The van der Waals surface area contributed by atoms with Gasteiger partial charge in [-0.3, -0.25) is 14.4 Å². The number of rotatable bonds is 4. The first-order valence-corrected chi connectivity index (χ1v) is 7.31. The molecule has 1 aliphatic heterocycles. The highest BCUT2D eigenvalue weighted by atomic mass is 16.5. The number of hydrogen-bond acceptors (Lipinski definition) is 4. The molecule has 21 heavy (non-hydrogen) atoms. The Bertz CT molecular complexity index is 414. The van der Waals surface area contributed by atoms with Gasteiger partial charge in [-0.15, -0.1) is 0 Å². The Morgan fingerprint density at radius 3 is 2.43 bits per heavy atom. The molecule has 6 nitrogen and oxygen atoms in total. The lowest BCUT2D eigenvalue weighted by molar-refractivity contribution is -0.148. The van der Waals surface area contributed by atoms with E-state index in [1.807, 2.05) is 20.8 Å². The fourth-order valence-corrected chi connectivity index (χ4v) is 2.42. The molecule has 1 atom stereocenters. The van der Waals surface area contributed by atoms with Crippen molar-refractivity contribution < 1.29 is 19.1 Å². The smallest absolute Gasteiger partial charge is 0.307 e. The second-order valence-corrected chi connectivity index (χ2v) is 6.49. The van der Waals surface area contributed by atoms with Gasteiger partial charge in [0, 0.05) is 25.6 Å². The van der Waals surface area contributed by atoms with Gasteiger partial charge in [-0.1, -0.05) is 20.8 Å². The van der Waals surface area contributed by atoms with E-state index in [-0.39, 0.29) is 24.2 Å². The molecule has 2 amide bonds. The average Bonchev–Trinajstić information content (AvgIpc) is 2.90. The van der Waals surface area contributed by atoms with Crippen LogP contribution < -0.4 is 0 Å². The van der Waals surface area contributed by atoms with Crippen LogP contribution in [0.4, 0.5) is 0 Å². The summed E-state index contributed by atoms with van der Waals surface area (Å²) in [6.45, 7) is 6.50. The van der Waals surface area contributed by atoms with Crippen LogP contribution in [0.25, 0.3) is 0 Å². The summed E-state index contributed by atoms with van der Waals surface area (Å²) in [4.78, 5) is 39.2. The molecule has 0 saturated carbocycles. The van der Waals surface area contributed by atoms with Crippen molar-refractivity contribution in [3.8, 4) is 0 Å². The molecular weight excluding hydrogens is 272 g/mol. The van der Waals surface area contributed by atoms with Crippen LogP contribution in [0.5, 0.6) is 0 Å². The largest absolute Gasteiger partial charge is 0.469 e. The first kappa shape index (κ1) is 17.5. The van der Waals surface area contributed by atoms with Crippen molar-refractivity contribution >= 4 is 17.8 Å². The maximum atomic E-state index is 12.5. The highest BCUT2D eigenvalue weighted by Crippen LogP contribution is 2.26. The van der Waals surface area contributed by atoms with Crippen LogP contribution in [0.3, 0.4) is 0 Å². The zero-order chi connectivity index (χ0) is 16.2. The SMILES string of the molecule is COC(=O)CCN(C)C(=O)C1CCCN1C(=O)C(C)(C)C. The molecule has 0 bridgehead atoms. The summed E-state index contributed by atoms with van der Waals surface area (Å²) in [7, 11) is 2.98. The van der Waals surface area contributed by atoms with Gasteiger partial charge >= 0.3 is 5.97 Å². The topological polar surface area (TPSA) is 66.9 Å². The number of likely N-dealkylation sites (tertiary alicyclic amines) is 1. The number of ether oxygens (including phenoxy) is 1. The number of esters is 1. The fourth-order valence-electron chi connectivity index (χ4n) is 2.42. The molecule has 1 aliphatic rings. The Kier molecular flexibility index (Phi) is 5.75. The lowest BCUT2D eigenvalue weighted by atomic mass is 9.94. The first-order valence-electron chi connectivity index (χ1n) is 7.31. The zero-order valence-electron chi connectivity index (χ0n) is 13.6. The van der Waals surface area contributed by atoms with Crippen molar-refractivity contribution in [3.05, 3.63) is 0 Å². The van der Waals surface area contributed by atoms with Gasteiger partial charge in [0.1, 0.15) is 6.04 Å². The summed E-state index contributed by atoms with van der Waals surface area (Å²) in [6.07, 6.45) is 1.69. The maximum absolute atomic E-state index is 12.5. The summed E-state index contributed by atoms with van der Waals surface area (Å²) < 4.78 is 4.57. The number of methoxy groups -OCH3 is 1. The molecule has 6 heteroatoms. The molecule has 0 N–H and O–H groups in total. The molecule has 1 heterocycles. The van der Waals surface area contributed by atoms with E-state index in [1.165, 1.54) is 12.0 Å². The third-order valence-corrected chi connectivity index (χ3v) is 3.70. The monoisotopic (exact) mass is 298 g/mol. The molecule has 0 aliphatic carbocycles.